The number of halogens is 1. The van der Waals surface area contributed by atoms with E-state index in [1.165, 1.54) is 18.4 Å². The molecule has 2 aliphatic rings. The molecule has 1 aliphatic heterocycles. The zero-order chi connectivity index (χ0) is 19.7. The lowest BCUT2D eigenvalue weighted by Crippen LogP contribution is -2.45. The summed E-state index contributed by atoms with van der Waals surface area (Å²) in [6.45, 7) is 3.25. The maximum atomic E-state index is 12.8. The third-order valence-electron chi connectivity index (χ3n) is 5.71. The number of rotatable bonds is 4. The minimum absolute atomic E-state index is 0.0924. The van der Waals surface area contributed by atoms with Gasteiger partial charge in [0.15, 0.2) is 5.82 Å². The van der Waals surface area contributed by atoms with E-state index < -0.39 is 10.0 Å². The fraction of sp³-hybridized carbons (Fsp3) is 0.500. The predicted octanol–water partition coefficient (Wildman–Crippen LogP) is 3.26. The second kappa shape index (κ2) is 7.97. The first-order valence-corrected chi connectivity index (χ1v) is 11.7. The normalized spacial score (nSPS) is 18.1. The van der Waals surface area contributed by atoms with Crippen molar-refractivity contribution in [2.75, 3.05) is 18.0 Å². The van der Waals surface area contributed by atoms with Crippen molar-refractivity contribution in [1.29, 1.82) is 0 Å². The highest BCUT2D eigenvalue weighted by Crippen LogP contribution is 2.26. The zero-order valence-electron chi connectivity index (χ0n) is 16.0. The van der Waals surface area contributed by atoms with E-state index in [1.807, 2.05) is 0 Å². The highest BCUT2D eigenvalue weighted by molar-refractivity contribution is 7.89. The molecule has 1 aliphatic carbocycles. The van der Waals surface area contributed by atoms with Gasteiger partial charge in [-0.3, -0.25) is 0 Å². The van der Waals surface area contributed by atoms with E-state index in [4.69, 9.17) is 11.6 Å². The van der Waals surface area contributed by atoms with Crippen molar-refractivity contribution < 1.29 is 8.42 Å². The smallest absolute Gasteiger partial charge is 0.241 e. The van der Waals surface area contributed by atoms with E-state index in [2.05, 4.69) is 25.9 Å². The Hall–Kier alpha value is -1.70. The van der Waals surface area contributed by atoms with Crippen LogP contribution >= 0.6 is 11.6 Å². The lowest BCUT2D eigenvalue weighted by Gasteiger charge is -2.33. The summed E-state index contributed by atoms with van der Waals surface area (Å²) >= 11 is 6.09. The fourth-order valence-corrected chi connectivity index (χ4v) is 5.82. The average Bonchev–Trinajstić information content (AvgIpc) is 2.70. The average molecular weight is 421 g/mol. The Morgan fingerprint density at radius 3 is 2.68 bits per heavy atom. The van der Waals surface area contributed by atoms with Gasteiger partial charge in [0.1, 0.15) is 0 Å². The Kier molecular flexibility index (Phi) is 5.58. The van der Waals surface area contributed by atoms with E-state index in [-0.39, 0.29) is 10.9 Å². The summed E-state index contributed by atoms with van der Waals surface area (Å²) in [7, 11) is -3.59. The maximum Gasteiger partial charge on any atom is 0.241 e. The van der Waals surface area contributed by atoms with Crippen molar-refractivity contribution in [2.45, 2.75) is 56.4 Å². The van der Waals surface area contributed by atoms with Gasteiger partial charge in [-0.1, -0.05) is 17.7 Å². The molecule has 0 unspecified atom stereocenters. The number of hydrogen-bond acceptors (Lipinski definition) is 5. The number of aryl methyl sites for hydroxylation is 2. The second-order valence-electron chi connectivity index (χ2n) is 7.63. The van der Waals surface area contributed by atoms with Crippen LogP contribution in [0.25, 0.3) is 0 Å². The van der Waals surface area contributed by atoms with Crippen LogP contribution in [0.15, 0.2) is 29.2 Å². The molecule has 4 rings (SSSR count). The molecule has 1 aromatic carbocycles. The number of anilines is 1. The molecule has 0 spiro atoms. The van der Waals surface area contributed by atoms with Crippen molar-refractivity contribution in [3.05, 3.63) is 46.1 Å². The minimum Gasteiger partial charge on any atom is -0.355 e. The summed E-state index contributed by atoms with van der Waals surface area (Å²) in [4.78, 5) is 2.46. The highest BCUT2D eigenvalue weighted by atomic mass is 35.5. The second-order valence-corrected chi connectivity index (χ2v) is 9.72. The third kappa shape index (κ3) is 4.02. The largest absolute Gasteiger partial charge is 0.355 e. The molecule has 0 amide bonds. The zero-order valence-corrected chi connectivity index (χ0v) is 17.6. The molecule has 1 N–H and O–H groups in total. The van der Waals surface area contributed by atoms with Gasteiger partial charge in [0.25, 0.3) is 0 Å². The summed E-state index contributed by atoms with van der Waals surface area (Å²) in [5, 5.41) is 9.28. The van der Waals surface area contributed by atoms with Gasteiger partial charge in [0, 0.05) is 24.2 Å². The number of hydrogen-bond donors (Lipinski definition) is 1. The van der Waals surface area contributed by atoms with E-state index in [0.717, 1.165) is 50.3 Å². The lowest BCUT2D eigenvalue weighted by atomic mass is 9.96. The molecule has 8 heteroatoms. The number of nitrogens with one attached hydrogen (secondary N) is 1. The molecule has 1 aromatic heterocycles. The highest BCUT2D eigenvalue weighted by Gasteiger charge is 2.27. The summed E-state index contributed by atoms with van der Waals surface area (Å²) in [6, 6.07) is 7.04. The van der Waals surface area contributed by atoms with E-state index >= 15 is 0 Å². The van der Waals surface area contributed by atoms with Crippen LogP contribution in [0.3, 0.4) is 0 Å². The number of sulfonamides is 1. The summed E-state index contributed by atoms with van der Waals surface area (Å²) in [5.41, 5.74) is 3.03. The van der Waals surface area contributed by atoms with Gasteiger partial charge >= 0.3 is 0 Å². The van der Waals surface area contributed by atoms with Crippen LogP contribution in [0, 0.1) is 6.92 Å². The molecule has 0 atom stereocenters. The molecule has 0 saturated carbocycles. The van der Waals surface area contributed by atoms with Crippen LogP contribution < -0.4 is 9.62 Å². The predicted molar refractivity (Wildman–Crippen MR) is 110 cm³/mol. The topological polar surface area (TPSA) is 75.2 Å². The maximum absolute atomic E-state index is 12.8. The number of benzene rings is 1. The van der Waals surface area contributed by atoms with Gasteiger partial charge in [0.2, 0.25) is 10.0 Å². The Morgan fingerprint density at radius 2 is 1.89 bits per heavy atom. The minimum atomic E-state index is -3.59. The molecule has 1 saturated heterocycles. The first kappa shape index (κ1) is 19.6. The van der Waals surface area contributed by atoms with Gasteiger partial charge in [-0.25, -0.2) is 13.1 Å². The Morgan fingerprint density at radius 1 is 1.14 bits per heavy atom. The van der Waals surface area contributed by atoms with Crippen molar-refractivity contribution in [1.82, 2.24) is 14.9 Å². The summed E-state index contributed by atoms with van der Waals surface area (Å²) in [5.74, 6) is 0.910. The first-order chi connectivity index (χ1) is 13.4. The molecule has 2 aromatic rings. The van der Waals surface area contributed by atoms with Crippen LogP contribution in [0.2, 0.25) is 5.02 Å². The third-order valence-corrected chi connectivity index (χ3v) is 7.78. The Bertz CT molecular complexity index is 972. The van der Waals surface area contributed by atoms with Crippen molar-refractivity contribution in [2.24, 2.45) is 0 Å². The Labute approximate surface area is 171 Å². The molecule has 2 heterocycles. The van der Waals surface area contributed by atoms with Gasteiger partial charge in [-0.05, 0) is 74.8 Å². The fourth-order valence-electron chi connectivity index (χ4n) is 4.02. The van der Waals surface area contributed by atoms with E-state index in [9.17, 15) is 8.42 Å². The van der Waals surface area contributed by atoms with Crippen molar-refractivity contribution in [3.8, 4) is 0 Å². The SMILES string of the molecule is Cc1c(Cl)cccc1S(=O)(=O)NC1CCN(c2cc3c(nn2)CCCC3)CC1. The standard InChI is InChI=1S/C20H25ClN4O2S/c1-14-17(21)6-4-8-19(14)28(26,27)24-16-9-11-25(12-10-16)20-13-15-5-2-3-7-18(15)22-23-20/h4,6,8,13,16,24H,2-3,5,7,9-12H2,1H3. The molecule has 150 valence electrons. The number of fused-ring (bicyclic) bond motifs is 1. The van der Waals surface area contributed by atoms with Gasteiger partial charge in [-0.15, -0.1) is 5.10 Å². The van der Waals surface area contributed by atoms with Crippen LogP contribution in [0.1, 0.15) is 42.5 Å². The molecular formula is C20H25ClN4O2S. The molecule has 0 radical (unpaired) electrons. The van der Waals surface area contributed by atoms with E-state index in [0.29, 0.717) is 10.6 Å². The van der Waals surface area contributed by atoms with Crippen LogP contribution in [-0.4, -0.2) is 37.7 Å². The first-order valence-electron chi connectivity index (χ1n) is 9.82. The monoisotopic (exact) mass is 420 g/mol. The molecule has 6 nitrogen and oxygen atoms in total. The number of piperidine rings is 1. The summed E-state index contributed by atoms with van der Waals surface area (Å²) in [6.07, 6.45) is 5.97. The molecular weight excluding hydrogens is 396 g/mol. The van der Waals surface area contributed by atoms with Gasteiger partial charge in [-0.2, -0.15) is 5.10 Å². The van der Waals surface area contributed by atoms with Crippen molar-refractivity contribution in [3.63, 3.8) is 0 Å². The van der Waals surface area contributed by atoms with Crippen LogP contribution in [0.4, 0.5) is 5.82 Å². The summed E-state index contributed by atoms with van der Waals surface area (Å²) < 4.78 is 28.4. The van der Waals surface area contributed by atoms with Crippen molar-refractivity contribution >= 4 is 27.4 Å². The van der Waals surface area contributed by atoms with Gasteiger partial charge in [0.05, 0.1) is 10.6 Å². The van der Waals surface area contributed by atoms with Crippen LogP contribution in [0.5, 0.6) is 0 Å². The number of nitrogens with zero attached hydrogens (tertiary/aromatic N) is 3. The lowest BCUT2D eigenvalue weighted by molar-refractivity contribution is 0.457. The number of aromatic nitrogens is 2. The van der Waals surface area contributed by atoms with Crippen LogP contribution in [-0.2, 0) is 22.9 Å². The van der Waals surface area contributed by atoms with Gasteiger partial charge < -0.3 is 4.90 Å². The molecule has 1 fully saturated rings. The van der Waals surface area contributed by atoms with E-state index in [1.54, 1.807) is 25.1 Å². The molecule has 0 bridgehead atoms. The Balaban J connectivity index is 1.41. The molecule has 28 heavy (non-hydrogen) atoms. The quantitative estimate of drug-likeness (QED) is 0.821.